The highest BCUT2D eigenvalue weighted by atomic mass is 16.5. The van der Waals surface area contributed by atoms with Gasteiger partial charge in [-0.25, -0.2) is 0 Å². The molecule has 0 bridgehead atoms. The van der Waals surface area contributed by atoms with Gasteiger partial charge in [-0.3, -0.25) is 0 Å². The van der Waals surface area contributed by atoms with Crippen molar-refractivity contribution >= 4 is 0 Å². The van der Waals surface area contributed by atoms with Crippen LogP contribution in [0.4, 0.5) is 0 Å². The molecule has 1 N–H and O–H groups in total. The summed E-state index contributed by atoms with van der Waals surface area (Å²) in [6.07, 6.45) is 1.48. The van der Waals surface area contributed by atoms with Crippen LogP contribution in [0.3, 0.4) is 0 Å². The molecule has 1 heterocycles. The van der Waals surface area contributed by atoms with E-state index in [1.165, 1.54) is 6.42 Å². The fourth-order valence-electron chi connectivity index (χ4n) is 1.79. The Balaban J connectivity index is 2.29. The maximum atomic E-state index is 5.65. The van der Waals surface area contributed by atoms with Gasteiger partial charge in [0.2, 0.25) is 0 Å². The van der Waals surface area contributed by atoms with Gasteiger partial charge < -0.3 is 14.8 Å². The van der Waals surface area contributed by atoms with Gasteiger partial charge in [0.1, 0.15) is 0 Å². The molecule has 0 aromatic carbocycles. The number of ether oxygens (including phenoxy) is 2. The van der Waals surface area contributed by atoms with Crippen LogP contribution in [0.15, 0.2) is 0 Å². The van der Waals surface area contributed by atoms with Crippen molar-refractivity contribution in [2.75, 3.05) is 26.4 Å². The van der Waals surface area contributed by atoms with Gasteiger partial charge in [-0.2, -0.15) is 0 Å². The highest BCUT2D eigenvalue weighted by Gasteiger charge is 2.25. The second-order valence-electron chi connectivity index (χ2n) is 4.17. The second kappa shape index (κ2) is 6.38. The Labute approximate surface area is 87.2 Å². The van der Waals surface area contributed by atoms with E-state index in [0.717, 1.165) is 26.4 Å². The van der Waals surface area contributed by atoms with Crippen LogP contribution < -0.4 is 5.32 Å². The zero-order valence-corrected chi connectivity index (χ0v) is 9.58. The van der Waals surface area contributed by atoms with Gasteiger partial charge in [0.05, 0.1) is 19.3 Å². The summed E-state index contributed by atoms with van der Waals surface area (Å²) in [6.45, 7) is 9.90. The predicted octanol–water partition coefficient (Wildman–Crippen LogP) is 1.43. The molecule has 0 amide bonds. The summed E-state index contributed by atoms with van der Waals surface area (Å²) in [6, 6.07) is 0.463. The Kier molecular flexibility index (Phi) is 5.45. The third-order valence-electron chi connectivity index (χ3n) is 2.61. The summed E-state index contributed by atoms with van der Waals surface area (Å²) in [7, 11) is 0. The summed E-state index contributed by atoms with van der Waals surface area (Å²) in [5.74, 6) is 0.633. The summed E-state index contributed by atoms with van der Waals surface area (Å²) >= 11 is 0. The van der Waals surface area contributed by atoms with Crippen LogP contribution in [0.2, 0.25) is 0 Å². The molecule has 0 aromatic heterocycles. The number of rotatable bonds is 6. The molecule has 0 spiro atoms. The van der Waals surface area contributed by atoms with E-state index in [-0.39, 0.29) is 0 Å². The van der Waals surface area contributed by atoms with Crippen LogP contribution in [0, 0.1) is 5.92 Å². The smallest absolute Gasteiger partial charge is 0.0626 e. The standard InChI is InChI=1S/C11H23NO2/c1-4-12-11(8-14-9(2)3)10-5-6-13-7-10/h9-12H,4-8H2,1-3H3. The third-order valence-corrected chi connectivity index (χ3v) is 2.61. The average molecular weight is 201 g/mol. The SMILES string of the molecule is CCNC(COC(C)C)C1CCOC1. The summed E-state index contributed by atoms with van der Waals surface area (Å²) in [5, 5.41) is 3.47. The highest BCUT2D eigenvalue weighted by Crippen LogP contribution is 2.17. The molecule has 2 unspecified atom stereocenters. The van der Waals surface area contributed by atoms with Crippen LogP contribution in [0.5, 0.6) is 0 Å². The normalized spacial score (nSPS) is 24.4. The first-order valence-corrected chi connectivity index (χ1v) is 5.66. The Morgan fingerprint density at radius 1 is 1.50 bits per heavy atom. The quantitative estimate of drug-likeness (QED) is 0.705. The lowest BCUT2D eigenvalue weighted by Crippen LogP contribution is -2.40. The van der Waals surface area contributed by atoms with Crippen molar-refractivity contribution in [2.45, 2.75) is 39.3 Å². The third kappa shape index (κ3) is 3.95. The zero-order valence-electron chi connectivity index (χ0n) is 9.58. The molecule has 3 nitrogen and oxygen atoms in total. The van der Waals surface area contributed by atoms with E-state index < -0.39 is 0 Å². The minimum Gasteiger partial charge on any atom is -0.381 e. The minimum atomic E-state index is 0.318. The maximum absolute atomic E-state index is 5.65. The lowest BCUT2D eigenvalue weighted by atomic mass is 10.00. The van der Waals surface area contributed by atoms with Crippen molar-refractivity contribution in [1.29, 1.82) is 0 Å². The molecule has 2 atom stereocenters. The fourth-order valence-corrected chi connectivity index (χ4v) is 1.79. The molecule has 0 aromatic rings. The number of hydrogen-bond acceptors (Lipinski definition) is 3. The first kappa shape index (κ1) is 12.0. The molecule has 3 heteroatoms. The second-order valence-corrected chi connectivity index (χ2v) is 4.17. The monoisotopic (exact) mass is 201 g/mol. The molecule has 1 fully saturated rings. The van der Waals surface area contributed by atoms with Crippen LogP contribution in [0.1, 0.15) is 27.2 Å². The Hall–Kier alpha value is -0.120. The van der Waals surface area contributed by atoms with E-state index in [2.05, 4.69) is 26.1 Å². The van der Waals surface area contributed by atoms with Crippen LogP contribution in [0.25, 0.3) is 0 Å². The van der Waals surface area contributed by atoms with Crippen molar-refractivity contribution in [1.82, 2.24) is 5.32 Å². The zero-order chi connectivity index (χ0) is 10.4. The molecular formula is C11H23NO2. The van der Waals surface area contributed by atoms with Crippen LogP contribution in [-0.4, -0.2) is 38.5 Å². The summed E-state index contributed by atoms with van der Waals surface area (Å²) < 4.78 is 11.0. The van der Waals surface area contributed by atoms with Gasteiger partial charge >= 0.3 is 0 Å². The Morgan fingerprint density at radius 3 is 2.79 bits per heavy atom. The number of nitrogens with one attached hydrogen (secondary N) is 1. The molecule has 1 aliphatic heterocycles. The highest BCUT2D eigenvalue weighted by molar-refractivity contribution is 4.79. The van der Waals surface area contributed by atoms with Gasteiger partial charge in [-0.15, -0.1) is 0 Å². The van der Waals surface area contributed by atoms with E-state index in [1.54, 1.807) is 0 Å². The van der Waals surface area contributed by atoms with E-state index in [0.29, 0.717) is 18.1 Å². The maximum Gasteiger partial charge on any atom is 0.0626 e. The molecule has 0 aliphatic carbocycles. The number of hydrogen-bond donors (Lipinski definition) is 1. The van der Waals surface area contributed by atoms with E-state index in [4.69, 9.17) is 9.47 Å². The molecule has 1 aliphatic rings. The van der Waals surface area contributed by atoms with Crippen molar-refractivity contribution in [3.8, 4) is 0 Å². The summed E-state index contributed by atoms with van der Waals surface area (Å²) in [4.78, 5) is 0. The summed E-state index contributed by atoms with van der Waals surface area (Å²) in [5.41, 5.74) is 0. The molecular weight excluding hydrogens is 178 g/mol. The molecule has 0 saturated carbocycles. The van der Waals surface area contributed by atoms with Gasteiger partial charge in [0, 0.05) is 18.6 Å². The molecule has 14 heavy (non-hydrogen) atoms. The van der Waals surface area contributed by atoms with Crippen molar-refractivity contribution in [3.63, 3.8) is 0 Å². The van der Waals surface area contributed by atoms with Crippen LogP contribution in [-0.2, 0) is 9.47 Å². The molecule has 84 valence electrons. The fraction of sp³-hybridized carbons (Fsp3) is 1.00. The lowest BCUT2D eigenvalue weighted by Gasteiger charge is -2.24. The van der Waals surface area contributed by atoms with Gasteiger partial charge in [-0.05, 0) is 26.8 Å². The van der Waals surface area contributed by atoms with Gasteiger partial charge in [0.25, 0.3) is 0 Å². The van der Waals surface area contributed by atoms with Crippen molar-refractivity contribution in [3.05, 3.63) is 0 Å². The molecule has 0 radical (unpaired) electrons. The van der Waals surface area contributed by atoms with Crippen molar-refractivity contribution in [2.24, 2.45) is 5.92 Å². The van der Waals surface area contributed by atoms with Gasteiger partial charge in [-0.1, -0.05) is 6.92 Å². The number of likely N-dealkylation sites (N-methyl/N-ethyl adjacent to an activating group) is 1. The Bertz CT molecular complexity index is 144. The molecule has 1 rings (SSSR count). The average Bonchev–Trinajstić information content (AvgIpc) is 2.64. The largest absolute Gasteiger partial charge is 0.381 e. The minimum absolute atomic E-state index is 0.318. The van der Waals surface area contributed by atoms with Crippen molar-refractivity contribution < 1.29 is 9.47 Å². The topological polar surface area (TPSA) is 30.5 Å². The predicted molar refractivity (Wildman–Crippen MR) is 57.5 cm³/mol. The first-order valence-electron chi connectivity index (χ1n) is 5.66. The lowest BCUT2D eigenvalue weighted by molar-refractivity contribution is 0.0462. The van der Waals surface area contributed by atoms with Gasteiger partial charge in [0.15, 0.2) is 0 Å². The first-order chi connectivity index (χ1) is 6.74. The van der Waals surface area contributed by atoms with E-state index in [9.17, 15) is 0 Å². The van der Waals surface area contributed by atoms with Crippen LogP contribution >= 0.6 is 0 Å². The Morgan fingerprint density at radius 2 is 2.29 bits per heavy atom. The molecule has 1 saturated heterocycles. The van der Waals surface area contributed by atoms with E-state index >= 15 is 0 Å². The van der Waals surface area contributed by atoms with E-state index in [1.807, 2.05) is 0 Å².